The lowest BCUT2D eigenvalue weighted by Crippen LogP contribution is -2.52. The molecule has 42 heavy (non-hydrogen) atoms. The predicted octanol–water partition coefficient (Wildman–Crippen LogP) is 6.07. The second-order valence-electron chi connectivity index (χ2n) is 10.9. The van der Waals surface area contributed by atoms with Crippen molar-refractivity contribution in [3.8, 4) is 0 Å². The van der Waals surface area contributed by atoms with E-state index in [-0.39, 0.29) is 55.6 Å². The highest BCUT2D eigenvalue weighted by Crippen LogP contribution is 2.26. The zero-order valence-electron chi connectivity index (χ0n) is 23.2. The van der Waals surface area contributed by atoms with E-state index in [9.17, 15) is 19.2 Å². The summed E-state index contributed by atoms with van der Waals surface area (Å²) in [5.74, 6) is -1.15. The number of halogens is 2. The summed E-state index contributed by atoms with van der Waals surface area (Å²) in [7, 11) is 0. The average molecular weight is 607 g/mol. The van der Waals surface area contributed by atoms with Gasteiger partial charge in [0.25, 0.3) is 11.8 Å². The number of carbonyl (C=O) groups is 4. The molecular weight excluding hydrogens is 573 g/mol. The topological polar surface area (TPSA) is 86.8 Å². The summed E-state index contributed by atoms with van der Waals surface area (Å²) < 4.78 is 0. The van der Waals surface area contributed by atoms with Crippen molar-refractivity contribution < 1.29 is 19.2 Å². The van der Waals surface area contributed by atoms with Gasteiger partial charge in [-0.25, -0.2) is 0 Å². The van der Waals surface area contributed by atoms with Crippen LogP contribution in [0.4, 0.5) is 0 Å². The molecule has 1 aliphatic heterocycles. The molecule has 0 aromatic heterocycles. The number of imide groups is 1. The van der Waals surface area contributed by atoms with Gasteiger partial charge in [-0.2, -0.15) is 0 Å². The van der Waals surface area contributed by atoms with Crippen LogP contribution < -0.4 is 5.32 Å². The summed E-state index contributed by atoms with van der Waals surface area (Å²) in [5.41, 5.74) is 2.43. The van der Waals surface area contributed by atoms with Gasteiger partial charge in [-0.1, -0.05) is 84.6 Å². The molecule has 1 saturated carbocycles. The largest absolute Gasteiger partial charge is 0.352 e. The van der Waals surface area contributed by atoms with Crippen molar-refractivity contribution in [1.29, 1.82) is 0 Å². The van der Waals surface area contributed by atoms with E-state index in [0.29, 0.717) is 27.6 Å². The lowest BCUT2D eigenvalue weighted by atomic mass is 10.0. The van der Waals surface area contributed by atoms with Gasteiger partial charge in [0.1, 0.15) is 6.04 Å². The Kier molecular flexibility index (Phi) is 9.60. The fraction of sp³-hybridized carbons (Fsp3) is 0.333. The second-order valence-corrected chi connectivity index (χ2v) is 11.7. The molecular formula is C33H33Cl2N3O4. The van der Waals surface area contributed by atoms with Gasteiger partial charge in [0.15, 0.2) is 0 Å². The summed E-state index contributed by atoms with van der Waals surface area (Å²) in [6.45, 7) is 0.259. The van der Waals surface area contributed by atoms with E-state index in [4.69, 9.17) is 23.2 Å². The Bertz CT molecular complexity index is 1440. The Morgan fingerprint density at radius 1 is 0.857 bits per heavy atom. The van der Waals surface area contributed by atoms with E-state index >= 15 is 0 Å². The molecule has 0 saturated heterocycles. The summed E-state index contributed by atoms with van der Waals surface area (Å²) in [6, 6.07) is 20.8. The average Bonchev–Trinajstić information content (AvgIpc) is 3.59. The van der Waals surface area contributed by atoms with Crippen LogP contribution in [0.3, 0.4) is 0 Å². The maximum absolute atomic E-state index is 13.9. The van der Waals surface area contributed by atoms with Crippen LogP contribution >= 0.6 is 23.2 Å². The first-order valence-corrected chi connectivity index (χ1v) is 15.1. The predicted molar refractivity (Wildman–Crippen MR) is 162 cm³/mol. The Hall–Kier alpha value is -3.68. The number of hydrogen-bond donors (Lipinski definition) is 1. The first-order chi connectivity index (χ1) is 20.3. The Morgan fingerprint density at radius 2 is 1.50 bits per heavy atom. The van der Waals surface area contributed by atoms with Gasteiger partial charge in [-0.15, -0.1) is 0 Å². The van der Waals surface area contributed by atoms with Crippen molar-refractivity contribution in [1.82, 2.24) is 15.1 Å². The highest BCUT2D eigenvalue weighted by atomic mass is 35.5. The Labute approximate surface area is 255 Å². The summed E-state index contributed by atoms with van der Waals surface area (Å²) in [5, 5.41) is 3.95. The number of nitrogens with one attached hydrogen (secondary N) is 1. The summed E-state index contributed by atoms with van der Waals surface area (Å²) in [6.07, 6.45) is 4.64. The van der Waals surface area contributed by atoms with Crippen molar-refractivity contribution in [3.63, 3.8) is 0 Å². The second kappa shape index (κ2) is 13.5. The third-order valence-electron chi connectivity index (χ3n) is 7.96. The molecule has 1 atom stereocenters. The minimum atomic E-state index is -0.769. The van der Waals surface area contributed by atoms with Crippen LogP contribution in [0.2, 0.25) is 10.0 Å². The zero-order chi connectivity index (χ0) is 29.6. The first-order valence-electron chi connectivity index (χ1n) is 14.3. The number of hydrogen-bond acceptors (Lipinski definition) is 4. The molecule has 0 radical (unpaired) electrons. The standard InChI is InChI=1S/C33H33Cl2N3O4/c34-27-17-16-23(19-28(27)35)21-38(29(20-22-9-2-1-3-10-22)31(40)36-24-11-4-5-12-24)30(39)15-8-18-37-32(41)25-13-6-7-14-26(25)33(37)42/h1-3,6-7,9-10,13-14,16-17,19,24,29H,4-5,8,11-12,15,18,20-21H2,(H,36,40)/t29-/m1/s1. The zero-order valence-corrected chi connectivity index (χ0v) is 24.7. The lowest BCUT2D eigenvalue weighted by Gasteiger charge is -2.32. The van der Waals surface area contributed by atoms with Crippen molar-refractivity contribution in [3.05, 3.63) is 105 Å². The SMILES string of the molecule is O=C(NC1CCCC1)[C@@H](Cc1ccccc1)N(Cc1ccc(Cl)c(Cl)c1)C(=O)CCCN1C(=O)c2ccccc2C1=O. The van der Waals surface area contributed by atoms with Gasteiger partial charge in [0, 0.05) is 32.0 Å². The van der Waals surface area contributed by atoms with Crippen molar-refractivity contribution in [2.75, 3.05) is 6.54 Å². The Balaban J connectivity index is 1.37. The van der Waals surface area contributed by atoms with Crippen LogP contribution in [0.15, 0.2) is 72.8 Å². The van der Waals surface area contributed by atoms with E-state index in [1.54, 1.807) is 47.4 Å². The number of nitrogens with zero attached hydrogens (tertiary/aromatic N) is 2. The van der Waals surface area contributed by atoms with Crippen molar-refractivity contribution in [2.45, 2.75) is 63.6 Å². The maximum atomic E-state index is 13.9. The molecule has 0 unspecified atom stereocenters. The quantitative estimate of drug-likeness (QED) is 0.269. The number of benzene rings is 3. The third-order valence-corrected chi connectivity index (χ3v) is 8.70. The van der Waals surface area contributed by atoms with Gasteiger partial charge in [-0.05, 0) is 54.7 Å². The smallest absolute Gasteiger partial charge is 0.261 e. The molecule has 3 aromatic carbocycles. The molecule has 1 aliphatic carbocycles. The molecule has 218 valence electrons. The Morgan fingerprint density at radius 3 is 2.14 bits per heavy atom. The molecule has 1 N–H and O–H groups in total. The van der Waals surface area contributed by atoms with Crippen LogP contribution in [-0.2, 0) is 22.6 Å². The third kappa shape index (κ3) is 6.85. The fourth-order valence-corrected chi connectivity index (χ4v) is 6.05. The molecule has 7 nitrogen and oxygen atoms in total. The maximum Gasteiger partial charge on any atom is 0.261 e. The monoisotopic (exact) mass is 605 g/mol. The molecule has 3 aromatic rings. The molecule has 0 spiro atoms. The number of carbonyl (C=O) groups excluding carboxylic acids is 4. The van der Waals surface area contributed by atoms with E-state index < -0.39 is 6.04 Å². The fourth-order valence-electron chi connectivity index (χ4n) is 5.73. The van der Waals surface area contributed by atoms with Gasteiger partial charge in [0.05, 0.1) is 21.2 Å². The highest BCUT2D eigenvalue weighted by Gasteiger charge is 2.36. The molecule has 4 amide bonds. The van der Waals surface area contributed by atoms with Gasteiger partial charge in [-0.3, -0.25) is 24.1 Å². The molecule has 2 aliphatic rings. The molecule has 9 heteroatoms. The van der Waals surface area contributed by atoms with E-state index in [1.807, 2.05) is 30.3 Å². The van der Waals surface area contributed by atoms with E-state index in [1.165, 1.54) is 4.90 Å². The van der Waals surface area contributed by atoms with E-state index in [2.05, 4.69) is 5.32 Å². The molecule has 5 rings (SSSR count). The number of rotatable bonds is 11. The van der Waals surface area contributed by atoms with Gasteiger partial charge < -0.3 is 10.2 Å². The van der Waals surface area contributed by atoms with Gasteiger partial charge >= 0.3 is 0 Å². The molecule has 0 bridgehead atoms. The van der Waals surface area contributed by atoms with Crippen LogP contribution in [0, 0.1) is 0 Å². The van der Waals surface area contributed by atoms with Crippen molar-refractivity contribution in [2.24, 2.45) is 0 Å². The highest BCUT2D eigenvalue weighted by molar-refractivity contribution is 6.42. The van der Waals surface area contributed by atoms with Crippen LogP contribution in [0.5, 0.6) is 0 Å². The van der Waals surface area contributed by atoms with Crippen molar-refractivity contribution >= 4 is 46.8 Å². The van der Waals surface area contributed by atoms with Crippen LogP contribution in [0.25, 0.3) is 0 Å². The molecule has 1 heterocycles. The normalized spacial score (nSPS) is 15.5. The van der Waals surface area contributed by atoms with Crippen LogP contribution in [0.1, 0.15) is 70.4 Å². The summed E-state index contributed by atoms with van der Waals surface area (Å²) in [4.78, 5) is 56.2. The molecule has 1 fully saturated rings. The lowest BCUT2D eigenvalue weighted by molar-refractivity contribution is -0.141. The number of fused-ring (bicyclic) bond motifs is 1. The first kappa shape index (κ1) is 29.8. The van der Waals surface area contributed by atoms with Crippen LogP contribution in [-0.4, -0.2) is 52.1 Å². The number of amides is 4. The van der Waals surface area contributed by atoms with E-state index in [0.717, 1.165) is 36.8 Å². The van der Waals surface area contributed by atoms with Gasteiger partial charge in [0.2, 0.25) is 11.8 Å². The minimum Gasteiger partial charge on any atom is -0.352 e. The summed E-state index contributed by atoms with van der Waals surface area (Å²) >= 11 is 12.4. The minimum absolute atomic E-state index is 0.0523.